The van der Waals surface area contributed by atoms with Crippen molar-refractivity contribution in [3.05, 3.63) is 41.2 Å². The molecule has 0 amide bonds. The monoisotopic (exact) mass is 461 g/mol. The number of carbonyl (C=O) groups is 1. The number of nitriles is 1. The van der Waals surface area contributed by atoms with E-state index in [1.807, 2.05) is 13.1 Å². The molecule has 164 valence electrons. The number of halogens is 1. The van der Waals surface area contributed by atoms with Gasteiger partial charge in [-0.05, 0) is 56.4 Å². The van der Waals surface area contributed by atoms with Crippen LogP contribution in [0.3, 0.4) is 0 Å². The first-order chi connectivity index (χ1) is 14.7. The van der Waals surface area contributed by atoms with Gasteiger partial charge in [0.15, 0.2) is 9.84 Å². The third-order valence-corrected chi connectivity index (χ3v) is 9.07. The number of methoxy groups -OCH3 is 1. The van der Waals surface area contributed by atoms with Crippen LogP contribution in [-0.4, -0.2) is 42.4 Å². The summed E-state index contributed by atoms with van der Waals surface area (Å²) in [6.45, 7) is 1.91. The molecule has 1 heterocycles. The van der Waals surface area contributed by atoms with Crippen LogP contribution in [0.15, 0.2) is 35.5 Å². The molecule has 2 aromatic rings. The highest BCUT2D eigenvalue weighted by molar-refractivity contribution is 7.92. The third-order valence-electron chi connectivity index (χ3n) is 6.42. The van der Waals surface area contributed by atoms with Crippen LogP contribution in [0.1, 0.15) is 37.7 Å². The molecule has 31 heavy (non-hydrogen) atoms. The Morgan fingerprint density at radius 2 is 2.13 bits per heavy atom. The molecule has 3 atom stereocenters. The van der Waals surface area contributed by atoms with Gasteiger partial charge in [-0.1, -0.05) is 11.6 Å². The van der Waals surface area contributed by atoms with Gasteiger partial charge < -0.3 is 4.74 Å². The van der Waals surface area contributed by atoms with Crippen molar-refractivity contribution in [3.8, 4) is 11.8 Å². The average Bonchev–Trinajstić information content (AvgIpc) is 3.15. The average molecular weight is 462 g/mol. The fourth-order valence-electron chi connectivity index (χ4n) is 4.35. The van der Waals surface area contributed by atoms with E-state index in [0.29, 0.717) is 5.69 Å². The number of hydrogen-bond acceptors (Lipinski definition) is 6. The van der Waals surface area contributed by atoms with Gasteiger partial charge in [0.05, 0.1) is 44.6 Å². The van der Waals surface area contributed by atoms with E-state index in [1.54, 1.807) is 23.0 Å². The van der Waals surface area contributed by atoms with Gasteiger partial charge in [-0.15, -0.1) is 0 Å². The molecule has 1 aromatic heterocycles. The van der Waals surface area contributed by atoms with Crippen LogP contribution < -0.4 is 0 Å². The maximum atomic E-state index is 13.4. The minimum atomic E-state index is -3.77. The molecule has 0 spiro atoms. The van der Waals surface area contributed by atoms with E-state index in [2.05, 4.69) is 11.2 Å². The van der Waals surface area contributed by atoms with Gasteiger partial charge in [0, 0.05) is 25.6 Å². The predicted octanol–water partition coefficient (Wildman–Crippen LogP) is 3.66. The quantitative estimate of drug-likeness (QED) is 0.623. The number of ketones is 1. The van der Waals surface area contributed by atoms with Crippen molar-refractivity contribution >= 4 is 27.2 Å². The first-order valence-corrected chi connectivity index (χ1v) is 12.1. The molecule has 4 rings (SSSR count). The number of carbonyl (C=O) groups excluding carboxylic acids is 1. The Morgan fingerprint density at radius 3 is 2.68 bits per heavy atom. The summed E-state index contributed by atoms with van der Waals surface area (Å²) in [5.74, 6) is -0.611. The summed E-state index contributed by atoms with van der Waals surface area (Å²) >= 11 is 6.38. The summed E-state index contributed by atoms with van der Waals surface area (Å²) < 4.78 is 33.8. The number of ether oxygens (including phenoxy) is 1. The summed E-state index contributed by atoms with van der Waals surface area (Å²) in [7, 11) is -2.27. The molecule has 2 saturated carbocycles. The van der Waals surface area contributed by atoms with Crippen molar-refractivity contribution in [1.29, 1.82) is 5.26 Å². The molecule has 7 nitrogen and oxygen atoms in total. The fourth-order valence-corrected chi connectivity index (χ4v) is 6.70. The SMILES string of the molecule is CO[C@H]1C[C@@H](S(=O)(=O)c2ccc(-n3cc(C)cn3)cc2Cl)C[C@@H]1C(=O)CC1(C#N)CC1. The second-order valence-electron chi connectivity index (χ2n) is 8.63. The van der Waals surface area contributed by atoms with E-state index < -0.39 is 32.5 Å². The van der Waals surface area contributed by atoms with Crippen molar-refractivity contribution in [2.24, 2.45) is 11.3 Å². The number of sulfone groups is 1. The topological polar surface area (TPSA) is 102 Å². The van der Waals surface area contributed by atoms with Crippen LogP contribution in [0.25, 0.3) is 5.69 Å². The molecule has 2 aliphatic carbocycles. The Labute approximate surface area is 186 Å². The smallest absolute Gasteiger partial charge is 0.182 e. The molecular weight excluding hydrogens is 438 g/mol. The van der Waals surface area contributed by atoms with Gasteiger partial charge in [-0.2, -0.15) is 10.4 Å². The molecular formula is C22H24ClN3O4S. The van der Waals surface area contributed by atoms with Gasteiger partial charge in [0.2, 0.25) is 0 Å². The Balaban J connectivity index is 1.56. The number of nitrogens with zero attached hydrogens (tertiary/aromatic N) is 3. The lowest BCUT2D eigenvalue weighted by atomic mass is 9.91. The number of Topliss-reactive ketones (excluding diaryl/α,β-unsaturated/α-hetero) is 1. The zero-order valence-electron chi connectivity index (χ0n) is 17.4. The lowest BCUT2D eigenvalue weighted by molar-refractivity contribution is -0.126. The van der Waals surface area contributed by atoms with Crippen molar-refractivity contribution in [2.45, 2.75) is 55.3 Å². The highest BCUT2D eigenvalue weighted by Crippen LogP contribution is 2.50. The Morgan fingerprint density at radius 1 is 1.39 bits per heavy atom. The molecule has 1 aromatic carbocycles. The number of rotatable bonds is 7. The zero-order valence-corrected chi connectivity index (χ0v) is 19.0. The van der Waals surface area contributed by atoms with E-state index >= 15 is 0 Å². The molecule has 2 aliphatic rings. The molecule has 9 heteroatoms. The highest BCUT2D eigenvalue weighted by Gasteiger charge is 2.50. The standard InChI is InChI=1S/C22H24ClN3O4S/c1-14-11-25-26(12-14)15-3-4-21(18(23)7-15)31(28,29)16-8-17(20(9-16)30-2)19(27)10-22(13-24)5-6-22/h3-4,7,11-12,16-17,20H,5-6,8-10H2,1-2H3/t16-,17+,20-/m0/s1. The fraction of sp³-hybridized carbons (Fsp3) is 0.500. The first-order valence-electron chi connectivity index (χ1n) is 10.2. The maximum absolute atomic E-state index is 13.4. The van der Waals surface area contributed by atoms with E-state index in [0.717, 1.165) is 18.4 Å². The first kappa shape index (κ1) is 22.0. The summed E-state index contributed by atoms with van der Waals surface area (Å²) in [6.07, 6.45) is 5.06. The summed E-state index contributed by atoms with van der Waals surface area (Å²) in [4.78, 5) is 12.9. The molecule has 2 fully saturated rings. The summed E-state index contributed by atoms with van der Waals surface area (Å²) in [5.41, 5.74) is 1.08. The molecule has 0 aliphatic heterocycles. The van der Waals surface area contributed by atoms with Crippen molar-refractivity contribution < 1.29 is 17.9 Å². The maximum Gasteiger partial charge on any atom is 0.182 e. The largest absolute Gasteiger partial charge is 0.381 e. The number of hydrogen-bond donors (Lipinski definition) is 0. The Kier molecular flexibility index (Phi) is 5.71. The normalized spacial score (nSPS) is 24.6. The lowest BCUT2D eigenvalue weighted by Crippen LogP contribution is -2.26. The number of benzene rings is 1. The van der Waals surface area contributed by atoms with Crippen molar-refractivity contribution in [3.63, 3.8) is 0 Å². The number of aromatic nitrogens is 2. The molecule has 0 bridgehead atoms. The van der Waals surface area contributed by atoms with Crippen LogP contribution in [0, 0.1) is 29.6 Å². The molecule has 0 radical (unpaired) electrons. The lowest BCUT2D eigenvalue weighted by Gasteiger charge is -2.17. The van der Waals surface area contributed by atoms with Gasteiger partial charge in [0.25, 0.3) is 0 Å². The third kappa shape index (κ3) is 4.14. The van der Waals surface area contributed by atoms with Crippen LogP contribution >= 0.6 is 11.6 Å². The van der Waals surface area contributed by atoms with E-state index in [-0.39, 0.29) is 35.0 Å². The van der Waals surface area contributed by atoms with E-state index in [1.165, 1.54) is 13.2 Å². The molecule has 0 unspecified atom stereocenters. The Hall–Kier alpha value is -2.21. The van der Waals surface area contributed by atoms with Gasteiger partial charge in [0.1, 0.15) is 5.78 Å². The van der Waals surface area contributed by atoms with Crippen LogP contribution in [0.4, 0.5) is 0 Å². The minimum absolute atomic E-state index is 0.0467. The van der Waals surface area contributed by atoms with Crippen LogP contribution in [0.5, 0.6) is 0 Å². The molecule has 0 saturated heterocycles. The highest BCUT2D eigenvalue weighted by atomic mass is 35.5. The second-order valence-corrected chi connectivity index (χ2v) is 11.2. The second kappa shape index (κ2) is 8.05. The van der Waals surface area contributed by atoms with Gasteiger partial charge in [-0.25, -0.2) is 13.1 Å². The van der Waals surface area contributed by atoms with Crippen LogP contribution in [-0.2, 0) is 19.4 Å². The predicted molar refractivity (Wildman–Crippen MR) is 115 cm³/mol. The van der Waals surface area contributed by atoms with E-state index in [4.69, 9.17) is 16.3 Å². The van der Waals surface area contributed by atoms with Gasteiger partial charge >= 0.3 is 0 Å². The number of aryl methyl sites for hydroxylation is 1. The Bertz CT molecular complexity index is 1160. The summed E-state index contributed by atoms with van der Waals surface area (Å²) in [5, 5.41) is 12.9. The molecule has 0 N–H and O–H groups in total. The minimum Gasteiger partial charge on any atom is -0.381 e. The van der Waals surface area contributed by atoms with Crippen molar-refractivity contribution in [2.75, 3.05) is 7.11 Å². The van der Waals surface area contributed by atoms with Crippen molar-refractivity contribution in [1.82, 2.24) is 9.78 Å². The zero-order chi connectivity index (χ0) is 22.4. The van der Waals surface area contributed by atoms with Gasteiger partial charge in [-0.3, -0.25) is 4.79 Å². The summed E-state index contributed by atoms with van der Waals surface area (Å²) in [6, 6.07) is 6.97. The van der Waals surface area contributed by atoms with E-state index in [9.17, 15) is 18.5 Å². The van der Waals surface area contributed by atoms with Crippen LogP contribution in [0.2, 0.25) is 5.02 Å².